The third-order valence-electron chi connectivity index (χ3n) is 2.08. The Morgan fingerprint density at radius 1 is 1.24 bits per heavy atom. The summed E-state index contributed by atoms with van der Waals surface area (Å²) < 4.78 is 12.6. The van der Waals surface area contributed by atoms with Crippen LogP contribution in [0.2, 0.25) is 0 Å². The molecule has 0 aliphatic rings. The molecular weight excluding hydrogens is 225 g/mol. The first-order chi connectivity index (χ1) is 8.02. The van der Waals surface area contributed by atoms with Gasteiger partial charge in [0.1, 0.15) is 11.9 Å². The highest BCUT2D eigenvalue weighted by Crippen LogP contribution is 2.09. The van der Waals surface area contributed by atoms with E-state index in [0.717, 1.165) is 0 Å². The zero-order valence-electron chi connectivity index (χ0n) is 9.58. The Hall–Kier alpha value is -2.11. The van der Waals surface area contributed by atoms with Gasteiger partial charge in [-0.3, -0.25) is 10.1 Å². The molecule has 3 amide bonds. The molecule has 0 aromatic heterocycles. The summed E-state index contributed by atoms with van der Waals surface area (Å²) in [5.74, 6) is -0.813. The quantitative estimate of drug-likeness (QED) is 0.739. The van der Waals surface area contributed by atoms with Crippen LogP contribution in [0.4, 0.5) is 14.9 Å². The summed E-state index contributed by atoms with van der Waals surface area (Å²) in [5, 5.41) is 7.25. The Morgan fingerprint density at radius 3 is 2.35 bits per heavy atom. The molecule has 3 N–H and O–H groups in total. The number of carbonyl (C=O) groups is 2. The second-order valence-electron chi connectivity index (χ2n) is 3.44. The third-order valence-corrected chi connectivity index (χ3v) is 2.08. The van der Waals surface area contributed by atoms with Gasteiger partial charge in [-0.15, -0.1) is 0 Å². The van der Waals surface area contributed by atoms with E-state index in [1.54, 1.807) is 6.92 Å². The van der Waals surface area contributed by atoms with Gasteiger partial charge in [0.15, 0.2) is 0 Å². The number of rotatable bonds is 3. The van der Waals surface area contributed by atoms with E-state index < -0.39 is 18.0 Å². The summed E-state index contributed by atoms with van der Waals surface area (Å²) >= 11 is 0. The molecule has 0 saturated heterocycles. The molecule has 0 fully saturated rings. The van der Waals surface area contributed by atoms with Crippen molar-refractivity contribution in [1.82, 2.24) is 10.6 Å². The number of hydrogen-bond acceptors (Lipinski definition) is 3. The van der Waals surface area contributed by atoms with Gasteiger partial charge in [-0.2, -0.15) is 0 Å². The molecule has 1 unspecified atom stereocenters. The molecule has 0 saturated carbocycles. The van der Waals surface area contributed by atoms with E-state index in [0.29, 0.717) is 5.69 Å². The van der Waals surface area contributed by atoms with Gasteiger partial charge in [0, 0.05) is 12.7 Å². The Kier molecular flexibility index (Phi) is 4.45. The van der Waals surface area contributed by atoms with E-state index in [-0.39, 0.29) is 5.82 Å². The van der Waals surface area contributed by atoms with E-state index >= 15 is 0 Å². The Bertz CT molecular complexity index is 406. The number of anilines is 1. The second-order valence-corrected chi connectivity index (χ2v) is 3.44. The van der Waals surface area contributed by atoms with Gasteiger partial charge in [-0.1, -0.05) is 0 Å². The van der Waals surface area contributed by atoms with E-state index in [1.807, 2.05) is 0 Å². The highest BCUT2D eigenvalue weighted by Gasteiger charge is 2.14. The molecule has 0 radical (unpaired) electrons. The average Bonchev–Trinajstić information content (AvgIpc) is 2.31. The van der Waals surface area contributed by atoms with Crippen LogP contribution < -0.4 is 16.0 Å². The number of amides is 3. The van der Waals surface area contributed by atoms with Crippen molar-refractivity contribution in [2.75, 3.05) is 12.4 Å². The summed E-state index contributed by atoms with van der Waals surface area (Å²) in [5.41, 5.74) is 0.603. The number of urea groups is 1. The van der Waals surface area contributed by atoms with Crippen LogP contribution in [0, 0.1) is 5.82 Å². The molecule has 0 bridgehead atoms. The largest absolute Gasteiger partial charge is 0.374 e. The first kappa shape index (κ1) is 13.0. The fourth-order valence-electron chi connectivity index (χ4n) is 1.14. The molecule has 5 nitrogen and oxygen atoms in total. The van der Waals surface area contributed by atoms with E-state index in [9.17, 15) is 14.0 Å². The minimum Gasteiger partial charge on any atom is -0.374 e. The maximum absolute atomic E-state index is 12.6. The lowest BCUT2D eigenvalue weighted by Gasteiger charge is -2.14. The Labute approximate surface area is 98.4 Å². The fraction of sp³-hybridized carbons (Fsp3) is 0.273. The number of halogens is 1. The number of benzene rings is 1. The Morgan fingerprint density at radius 2 is 1.82 bits per heavy atom. The van der Waals surface area contributed by atoms with Gasteiger partial charge in [-0.25, -0.2) is 9.18 Å². The van der Waals surface area contributed by atoms with Crippen LogP contribution in [0.3, 0.4) is 0 Å². The maximum atomic E-state index is 12.6. The van der Waals surface area contributed by atoms with Crippen LogP contribution in [0.5, 0.6) is 0 Å². The van der Waals surface area contributed by atoms with Crippen LogP contribution in [-0.4, -0.2) is 25.0 Å². The summed E-state index contributed by atoms with van der Waals surface area (Å²) in [7, 11) is 1.42. The lowest BCUT2D eigenvalue weighted by Crippen LogP contribution is -2.44. The van der Waals surface area contributed by atoms with Crippen LogP contribution in [-0.2, 0) is 4.79 Å². The molecule has 0 aliphatic carbocycles. The zero-order valence-corrected chi connectivity index (χ0v) is 9.58. The minimum absolute atomic E-state index is 0.349. The lowest BCUT2D eigenvalue weighted by molar-refractivity contribution is -0.120. The molecule has 0 heterocycles. The molecule has 6 heteroatoms. The summed E-state index contributed by atoms with van der Waals surface area (Å²) in [4.78, 5) is 22.4. The smallest absolute Gasteiger partial charge is 0.321 e. The summed E-state index contributed by atoms with van der Waals surface area (Å²) in [6, 6.07) is 4.43. The lowest BCUT2D eigenvalue weighted by atomic mass is 10.2. The third kappa shape index (κ3) is 4.10. The summed E-state index contributed by atoms with van der Waals surface area (Å²) in [6.45, 7) is 1.60. The zero-order chi connectivity index (χ0) is 12.8. The van der Waals surface area contributed by atoms with E-state index in [1.165, 1.54) is 31.3 Å². The molecule has 1 rings (SSSR count). The van der Waals surface area contributed by atoms with Crippen LogP contribution in [0.1, 0.15) is 6.92 Å². The van der Waals surface area contributed by atoms with Crippen LogP contribution >= 0.6 is 0 Å². The maximum Gasteiger partial charge on any atom is 0.321 e. The number of imide groups is 1. The van der Waals surface area contributed by atoms with Crippen molar-refractivity contribution in [3.05, 3.63) is 30.1 Å². The highest BCUT2D eigenvalue weighted by atomic mass is 19.1. The molecule has 0 aliphatic heterocycles. The molecule has 1 aromatic carbocycles. The topological polar surface area (TPSA) is 70.2 Å². The van der Waals surface area contributed by atoms with Gasteiger partial charge < -0.3 is 10.6 Å². The van der Waals surface area contributed by atoms with Crippen molar-refractivity contribution in [3.8, 4) is 0 Å². The van der Waals surface area contributed by atoms with Gasteiger partial charge >= 0.3 is 6.03 Å². The summed E-state index contributed by atoms with van der Waals surface area (Å²) in [6.07, 6.45) is 0. The number of nitrogens with one attached hydrogen (secondary N) is 3. The SMILES string of the molecule is CNC(=O)NC(=O)C(C)Nc1ccc(F)cc1. The molecule has 1 aromatic rings. The van der Waals surface area contributed by atoms with E-state index in [2.05, 4.69) is 16.0 Å². The van der Waals surface area contributed by atoms with Crippen molar-refractivity contribution in [2.24, 2.45) is 0 Å². The predicted molar refractivity (Wildman–Crippen MR) is 62.1 cm³/mol. The standard InChI is InChI=1S/C11H14FN3O2/c1-7(10(16)15-11(17)13-2)14-9-5-3-8(12)4-6-9/h3-7,14H,1-2H3,(H2,13,15,16,17). The van der Waals surface area contributed by atoms with Crippen LogP contribution in [0.25, 0.3) is 0 Å². The first-order valence-electron chi connectivity index (χ1n) is 5.07. The predicted octanol–water partition coefficient (Wildman–Crippen LogP) is 1.08. The van der Waals surface area contributed by atoms with Gasteiger partial charge in [0.2, 0.25) is 5.91 Å². The molecule has 92 valence electrons. The van der Waals surface area contributed by atoms with Crippen LogP contribution in [0.15, 0.2) is 24.3 Å². The van der Waals surface area contributed by atoms with Gasteiger partial charge in [0.25, 0.3) is 0 Å². The number of carbonyl (C=O) groups excluding carboxylic acids is 2. The van der Waals surface area contributed by atoms with Gasteiger partial charge in [-0.05, 0) is 31.2 Å². The monoisotopic (exact) mass is 239 g/mol. The molecule has 0 spiro atoms. The Balaban J connectivity index is 2.54. The average molecular weight is 239 g/mol. The molecule has 17 heavy (non-hydrogen) atoms. The molecular formula is C11H14FN3O2. The van der Waals surface area contributed by atoms with E-state index in [4.69, 9.17) is 0 Å². The van der Waals surface area contributed by atoms with Crippen molar-refractivity contribution >= 4 is 17.6 Å². The fourth-order valence-corrected chi connectivity index (χ4v) is 1.14. The van der Waals surface area contributed by atoms with Crippen molar-refractivity contribution in [3.63, 3.8) is 0 Å². The van der Waals surface area contributed by atoms with Crippen molar-refractivity contribution < 1.29 is 14.0 Å². The van der Waals surface area contributed by atoms with Gasteiger partial charge in [0.05, 0.1) is 0 Å². The normalized spacial score (nSPS) is 11.5. The highest BCUT2D eigenvalue weighted by molar-refractivity contribution is 5.97. The minimum atomic E-state index is -0.599. The van der Waals surface area contributed by atoms with Crippen molar-refractivity contribution in [1.29, 1.82) is 0 Å². The number of hydrogen-bond donors (Lipinski definition) is 3. The first-order valence-corrected chi connectivity index (χ1v) is 5.07. The molecule has 1 atom stereocenters. The second kappa shape index (κ2) is 5.83. The van der Waals surface area contributed by atoms with Crippen molar-refractivity contribution in [2.45, 2.75) is 13.0 Å².